The molecule has 0 fully saturated rings. The molecule has 0 spiro atoms. The number of nitrogens with two attached hydrogens (primary N) is 1. The second-order valence-electron chi connectivity index (χ2n) is 7.42. The van der Waals surface area contributed by atoms with E-state index in [4.69, 9.17) is 5.73 Å². The van der Waals surface area contributed by atoms with E-state index in [1.54, 1.807) is 12.1 Å². The minimum absolute atomic E-state index is 0.0471. The van der Waals surface area contributed by atoms with Gasteiger partial charge in [0, 0.05) is 12.7 Å². The van der Waals surface area contributed by atoms with Gasteiger partial charge in [0.05, 0.1) is 18.1 Å². The first-order valence-corrected chi connectivity index (χ1v) is 11.3. The molecule has 0 aliphatic carbocycles. The van der Waals surface area contributed by atoms with Gasteiger partial charge in [-0.15, -0.1) is 11.8 Å². The van der Waals surface area contributed by atoms with Crippen LogP contribution in [0.3, 0.4) is 0 Å². The van der Waals surface area contributed by atoms with Crippen LogP contribution in [0.2, 0.25) is 0 Å². The van der Waals surface area contributed by atoms with E-state index in [1.165, 1.54) is 11.6 Å². The lowest BCUT2D eigenvalue weighted by Crippen LogP contribution is -2.40. The maximum atomic E-state index is 12.7. The van der Waals surface area contributed by atoms with Crippen LogP contribution in [-0.2, 0) is 16.1 Å². The van der Waals surface area contributed by atoms with E-state index < -0.39 is 17.2 Å². The average Bonchev–Trinajstić information content (AvgIpc) is 2.78. The van der Waals surface area contributed by atoms with Gasteiger partial charge in [-0.25, -0.2) is 4.79 Å². The molecule has 172 valence electrons. The number of thioether (sulfide) groups is 1. The van der Waals surface area contributed by atoms with Crippen molar-refractivity contribution in [1.29, 1.82) is 0 Å². The molecular formula is C23H25N5O4S. The largest absolute Gasteiger partial charge is 0.383 e. The number of rotatable bonds is 8. The standard InChI is InChI=1S/C23H25N5O4S/c1-15-8-10-17(11-9-15)25-18(29)13-33-14-19(30)27(2)20-21(24)28(23(32)26-22(20)31)12-16-6-4-3-5-7-16/h3-11H,12-14,24H2,1-2H3,(H,25,29)(H,26,31,32). The second-order valence-corrected chi connectivity index (χ2v) is 8.41. The van der Waals surface area contributed by atoms with E-state index in [1.807, 2.05) is 49.4 Å². The fourth-order valence-corrected chi connectivity index (χ4v) is 3.84. The zero-order valence-electron chi connectivity index (χ0n) is 18.3. The van der Waals surface area contributed by atoms with Crippen molar-refractivity contribution in [2.24, 2.45) is 0 Å². The Hall–Kier alpha value is -3.79. The van der Waals surface area contributed by atoms with Crippen LogP contribution in [0, 0.1) is 6.92 Å². The molecule has 9 nitrogen and oxygen atoms in total. The van der Waals surface area contributed by atoms with Gasteiger partial charge in [0.1, 0.15) is 5.82 Å². The van der Waals surface area contributed by atoms with Crippen molar-refractivity contribution < 1.29 is 9.59 Å². The molecule has 0 bridgehead atoms. The van der Waals surface area contributed by atoms with Crippen molar-refractivity contribution >= 4 is 40.8 Å². The van der Waals surface area contributed by atoms with E-state index in [2.05, 4.69) is 10.3 Å². The molecule has 10 heteroatoms. The van der Waals surface area contributed by atoms with E-state index in [-0.39, 0.29) is 35.5 Å². The van der Waals surface area contributed by atoms with Crippen LogP contribution < -0.4 is 27.2 Å². The van der Waals surface area contributed by atoms with Gasteiger partial charge in [-0.1, -0.05) is 48.0 Å². The first-order valence-electron chi connectivity index (χ1n) is 10.1. The summed E-state index contributed by atoms with van der Waals surface area (Å²) in [6.07, 6.45) is 0. The number of aryl methyl sites for hydroxylation is 1. The Kier molecular flexibility index (Phi) is 7.73. The van der Waals surface area contributed by atoms with Crippen LogP contribution in [0.1, 0.15) is 11.1 Å². The number of benzene rings is 2. The van der Waals surface area contributed by atoms with E-state index in [0.717, 1.165) is 27.8 Å². The van der Waals surface area contributed by atoms with Gasteiger partial charge in [-0.2, -0.15) is 0 Å². The van der Waals surface area contributed by atoms with Crippen LogP contribution in [-0.4, -0.2) is 39.9 Å². The van der Waals surface area contributed by atoms with Gasteiger partial charge >= 0.3 is 5.69 Å². The average molecular weight is 468 g/mol. The number of H-pyrrole nitrogens is 1. The molecule has 0 aliphatic rings. The van der Waals surface area contributed by atoms with E-state index in [9.17, 15) is 19.2 Å². The predicted molar refractivity (Wildman–Crippen MR) is 132 cm³/mol. The number of hydrogen-bond acceptors (Lipinski definition) is 6. The lowest BCUT2D eigenvalue weighted by Gasteiger charge is -2.20. The third-order valence-electron chi connectivity index (χ3n) is 4.90. The first kappa shape index (κ1) is 23.9. The summed E-state index contributed by atoms with van der Waals surface area (Å²) in [4.78, 5) is 52.8. The molecule has 4 N–H and O–H groups in total. The van der Waals surface area contributed by atoms with Gasteiger partial charge in [0.25, 0.3) is 5.56 Å². The van der Waals surface area contributed by atoms with Crippen LogP contribution in [0.4, 0.5) is 17.2 Å². The zero-order chi connectivity index (χ0) is 24.0. The Labute approximate surface area is 194 Å². The highest BCUT2D eigenvalue weighted by Gasteiger charge is 2.21. The summed E-state index contributed by atoms with van der Waals surface area (Å²) in [5.74, 6) is -0.759. The van der Waals surface area contributed by atoms with Gasteiger partial charge < -0.3 is 16.0 Å². The monoisotopic (exact) mass is 467 g/mol. The molecule has 1 aromatic heterocycles. The number of anilines is 3. The fourth-order valence-electron chi connectivity index (χ4n) is 3.11. The predicted octanol–water partition coefficient (Wildman–Crippen LogP) is 1.81. The number of nitrogens with zero attached hydrogens (tertiary/aromatic N) is 2. The molecule has 0 radical (unpaired) electrons. The summed E-state index contributed by atoms with van der Waals surface area (Å²) in [7, 11) is 1.41. The normalized spacial score (nSPS) is 10.6. The maximum Gasteiger partial charge on any atom is 0.330 e. The van der Waals surface area contributed by atoms with Crippen molar-refractivity contribution in [3.8, 4) is 0 Å². The Bertz CT molecular complexity index is 1250. The third-order valence-corrected chi connectivity index (χ3v) is 5.82. The van der Waals surface area contributed by atoms with Crippen molar-refractivity contribution in [2.45, 2.75) is 13.5 Å². The number of carbonyl (C=O) groups is 2. The van der Waals surface area contributed by atoms with Gasteiger partial charge in [-0.05, 0) is 24.6 Å². The Morgan fingerprint density at radius 2 is 1.73 bits per heavy atom. The van der Waals surface area contributed by atoms with Crippen LogP contribution >= 0.6 is 11.8 Å². The van der Waals surface area contributed by atoms with Crippen LogP contribution in [0.15, 0.2) is 64.2 Å². The molecule has 1 heterocycles. The number of nitrogen functional groups attached to an aromatic ring is 1. The summed E-state index contributed by atoms with van der Waals surface area (Å²) in [5.41, 5.74) is 7.18. The van der Waals surface area contributed by atoms with Crippen molar-refractivity contribution in [3.63, 3.8) is 0 Å². The number of aromatic amines is 1. The molecule has 0 atom stereocenters. The fraction of sp³-hybridized carbons (Fsp3) is 0.217. The molecule has 2 amide bonds. The second kappa shape index (κ2) is 10.7. The molecule has 0 unspecified atom stereocenters. The Morgan fingerprint density at radius 1 is 1.06 bits per heavy atom. The van der Waals surface area contributed by atoms with Crippen LogP contribution in [0.25, 0.3) is 0 Å². The number of hydrogen-bond donors (Lipinski definition) is 3. The molecular weight excluding hydrogens is 442 g/mol. The molecule has 3 rings (SSSR count). The molecule has 2 aromatic carbocycles. The highest BCUT2D eigenvalue weighted by Crippen LogP contribution is 2.18. The topological polar surface area (TPSA) is 130 Å². The summed E-state index contributed by atoms with van der Waals surface area (Å²) < 4.78 is 1.21. The molecule has 33 heavy (non-hydrogen) atoms. The van der Waals surface area contributed by atoms with Gasteiger partial charge in [-0.3, -0.25) is 23.9 Å². The lowest BCUT2D eigenvalue weighted by molar-refractivity contribution is -0.115. The SMILES string of the molecule is Cc1ccc(NC(=O)CSCC(=O)N(C)c2c(N)n(Cc3ccccc3)c(=O)[nH]c2=O)cc1. The molecule has 0 saturated carbocycles. The zero-order valence-corrected chi connectivity index (χ0v) is 19.1. The van der Waals surface area contributed by atoms with Crippen LogP contribution in [0.5, 0.6) is 0 Å². The summed E-state index contributed by atoms with van der Waals surface area (Å²) in [6.45, 7) is 2.10. The lowest BCUT2D eigenvalue weighted by atomic mass is 10.2. The smallest absolute Gasteiger partial charge is 0.330 e. The van der Waals surface area contributed by atoms with E-state index >= 15 is 0 Å². The summed E-state index contributed by atoms with van der Waals surface area (Å²) >= 11 is 1.11. The number of aromatic nitrogens is 2. The molecule has 0 saturated heterocycles. The maximum absolute atomic E-state index is 12.7. The minimum atomic E-state index is -0.750. The highest BCUT2D eigenvalue weighted by molar-refractivity contribution is 8.00. The van der Waals surface area contributed by atoms with Crippen molar-refractivity contribution in [3.05, 3.63) is 86.6 Å². The number of amides is 2. The Morgan fingerprint density at radius 3 is 2.39 bits per heavy atom. The minimum Gasteiger partial charge on any atom is -0.383 e. The highest BCUT2D eigenvalue weighted by atomic mass is 32.2. The quantitative estimate of drug-likeness (QED) is 0.463. The Balaban J connectivity index is 1.65. The first-order chi connectivity index (χ1) is 15.8. The number of carbonyl (C=O) groups excluding carboxylic acids is 2. The van der Waals surface area contributed by atoms with Crippen molar-refractivity contribution in [2.75, 3.05) is 34.5 Å². The van der Waals surface area contributed by atoms with Crippen molar-refractivity contribution in [1.82, 2.24) is 9.55 Å². The van der Waals surface area contributed by atoms with E-state index in [0.29, 0.717) is 5.69 Å². The molecule has 3 aromatic rings. The number of nitrogens with one attached hydrogen (secondary N) is 2. The summed E-state index contributed by atoms with van der Waals surface area (Å²) in [5, 5.41) is 2.76. The molecule has 0 aliphatic heterocycles. The third kappa shape index (κ3) is 6.13. The van der Waals surface area contributed by atoms with Gasteiger partial charge in [0.2, 0.25) is 11.8 Å². The summed E-state index contributed by atoms with van der Waals surface area (Å²) in [6, 6.07) is 16.5. The van der Waals surface area contributed by atoms with Gasteiger partial charge in [0.15, 0.2) is 5.69 Å².